The highest BCUT2D eigenvalue weighted by molar-refractivity contribution is 6.30. The molecule has 5 nitrogen and oxygen atoms in total. The van der Waals surface area contributed by atoms with Crippen molar-refractivity contribution < 1.29 is 8.78 Å². The van der Waals surface area contributed by atoms with E-state index in [0.29, 0.717) is 17.4 Å². The number of nitrogens with one attached hydrogen (secondary N) is 1. The highest BCUT2D eigenvalue weighted by Crippen LogP contribution is 2.18. The third-order valence-electron chi connectivity index (χ3n) is 2.87. The Kier molecular flexibility index (Phi) is 3.66. The number of aromatic nitrogens is 4. The van der Waals surface area contributed by atoms with E-state index >= 15 is 0 Å². The maximum absolute atomic E-state index is 12.8. The van der Waals surface area contributed by atoms with Crippen LogP contribution >= 0.6 is 11.6 Å². The molecule has 0 aliphatic heterocycles. The normalized spacial score (nSPS) is 11.2. The van der Waals surface area contributed by atoms with E-state index in [2.05, 4.69) is 20.6 Å². The molecule has 2 aromatic heterocycles. The summed E-state index contributed by atoms with van der Waals surface area (Å²) in [5.41, 5.74) is 1.28. The zero-order valence-corrected chi connectivity index (χ0v) is 11.4. The molecule has 108 valence electrons. The second kappa shape index (κ2) is 5.61. The van der Waals surface area contributed by atoms with Gasteiger partial charge in [0.2, 0.25) is 5.82 Å². The van der Waals surface area contributed by atoms with Crippen molar-refractivity contribution in [3.63, 3.8) is 0 Å². The van der Waals surface area contributed by atoms with Gasteiger partial charge < -0.3 is 5.32 Å². The van der Waals surface area contributed by atoms with Crippen LogP contribution in [-0.4, -0.2) is 19.8 Å². The molecule has 0 aliphatic carbocycles. The number of halogens is 3. The Labute approximate surface area is 123 Å². The summed E-state index contributed by atoms with van der Waals surface area (Å²) in [4.78, 5) is 0. The summed E-state index contributed by atoms with van der Waals surface area (Å²) in [5, 5.41) is 14.8. The fraction of sp³-hybridized carbons (Fsp3) is 0.154. The molecule has 0 atom stereocenters. The zero-order valence-electron chi connectivity index (χ0n) is 10.7. The van der Waals surface area contributed by atoms with Crippen molar-refractivity contribution in [2.24, 2.45) is 0 Å². The molecule has 2 heterocycles. The van der Waals surface area contributed by atoms with E-state index in [-0.39, 0.29) is 5.65 Å². The zero-order chi connectivity index (χ0) is 14.8. The molecule has 0 fully saturated rings. The lowest BCUT2D eigenvalue weighted by molar-refractivity contribution is 0.137. The lowest BCUT2D eigenvalue weighted by Gasteiger charge is -2.06. The minimum Gasteiger partial charge on any atom is -0.365 e. The molecular weight excluding hydrogens is 300 g/mol. The van der Waals surface area contributed by atoms with E-state index < -0.39 is 12.2 Å². The Morgan fingerprint density at radius 1 is 1.10 bits per heavy atom. The molecule has 3 aromatic rings. The van der Waals surface area contributed by atoms with Crippen molar-refractivity contribution in [1.82, 2.24) is 19.8 Å². The van der Waals surface area contributed by atoms with Crippen molar-refractivity contribution in [1.29, 1.82) is 0 Å². The molecule has 1 aromatic carbocycles. The molecule has 3 rings (SSSR count). The number of benzene rings is 1. The maximum atomic E-state index is 12.8. The van der Waals surface area contributed by atoms with Gasteiger partial charge in [0.05, 0.1) is 0 Å². The third-order valence-corrected chi connectivity index (χ3v) is 3.12. The van der Waals surface area contributed by atoms with E-state index in [4.69, 9.17) is 11.6 Å². The summed E-state index contributed by atoms with van der Waals surface area (Å²) in [6.07, 6.45) is -2.72. The first-order chi connectivity index (χ1) is 10.1. The van der Waals surface area contributed by atoms with E-state index in [0.717, 1.165) is 10.1 Å². The summed E-state index contributed by atoms with van der Waals surface area (Å²) in [5.74, 6) is -0.0145. The van der Waals surface area contributed by atoms with E-state index in [1.54, 1.807) is 24.3 Å². The number of hydrogen-bond donors (Lipinski definition) is 1. The molecule has 0 spiro atoms. The van der Waals surface area contributed by atoms with E-state index in [1.165, 1.54) is 0 Å². The van der Waals surface area contributed by atoms with Crippen LogP contribution in [0.4, 0.5) is 14.6 Å². The van der Waals surface area contributed by atoms with Gasteiger partial charge in [0.15, 0.2) is 5.65 Å². The van der Waals surface area contributed by atoms with Gasteiger partial charge >= 0.3 is 0 Å². The first-order valence-electron chi connectivity index (χ1n) is 6.12. The predicted octanol–water partition coefficient (Wildman–Crippen LogP) is 3.33. The average Bonchev–Trinajstić information content (AvgIpc) is 2.90. The summed E-state index contributed by atoms with van der Waals surface area (Å²) in [6, 6.07) is 10.5. The smallest absolute Gasteiger partial charge is 0.299 e. The highest BCUT2D eigenvalue weighted by Gasteiger charge is 2.16. The van der Waals surface area contributed by atoms with Gasteiger partial charge in [-0.2, -0.15) is 4.52 Å². The molecule has 0 saturated carbocycles. The first kappa shape index (κ1) is 13.7. The van der Waals surface area contributed by atoms with Crippen molar-refractivity contribution in [3.05, 3.63) is 52.8 Å². The topological polar surface area (TPSA) is 55.1 Å². The summed E-state index contributed by atoms with van der Waals surface area (Å²) >= 11 is 5.81. The van der Waals surface area contributed by atoms with Crippen LogP contribution in [-0.2, 0) is 6.54 Å². The lowest BCUT2D eigenvalue weighted by atomic mass is 10.2. The van der Waals surface area contributed by atoms with Crippen molar-refractivity contribution >= 4 is 23.1 Å². The van der Waals surface area contributed by atoms with E-state index in [1.807, 2.05) is 12.1 Å². The Morgan fingerprint density at radius 3 is 2.57 bits per heavy atom. The molecule has 0 saturated heterocycles. The molecule has 0 radical (unpaired) electrons. The third kappa shape index (κ3) is 2.92. The minimum absolute atomic E-state index is 0.280. The van der Waals surface area contributed by atoms with E-state index in [9.17, 15) is 8.78 Å². The first-order valence-corrected chi connectivity index (χ1v) is 6.50. The molecule has 0 bridgehead atoms. The Hall–Kier alpha value is -2.28. The quantitative estimate of drug-likeness (QED) is 0.803. The van der Waals surface area contributed by atoms with Crippen molar-refractivity contribution in [2.75, 3.05) is 5.32 Å². The van der Waals surface area contributed by atoms with Gasteiger partial charge in [0.1, 0.15) is 5.82 Å². The van der Waals surface area contributed by atoms with Gasteiger partial charge in [0, 0.05) is 11.6 Å². The standard InChI is InChI=1S/C13H10ClF2N5/c14-9-3-1-8(2-4-9)7-17-10-5-6-11-18-19-13(12(15)16)21(11)20-10/h1-6,12H,7H2,(H,17,20). The van der Waals surface area contributed by atoms with Crippen LogP contribution < -0.4 is 5.32 Å². The second-order valence-corrected chi connectivity index (χ2v) is 4.76. The highest BCUT2D eigenvalue weighted by atomic mass is 35.5. The van der Waals surface area contributed by atoms with Gasteiger partial charge in [0.25, 0.3) is 6.43 Å². The number of nitrogens with zero attached hydrogens (tertiary/aromatic N) is 4. The molecule has 0 unspecified atom stereocenters. The molecule has 0 aliphatic rings. The Bertz CT molecular complexity index is 757. The summed E-state index contributed by atoms with van der Waals surface area (Å²) < 4.78 is 26.5. The minimum atomic E-state index is -2.72. The van der Waals surface area contributed by atoms with Crippen molar-refractivity contribution in [3.8, 4) is 0 Å². The molecule has 1 N–H and O–H groups in total. The number of rotatable bonds is 4. The van der Waals surface area contributed by atoms with Gasteiger partial charge in [-0.15, -0.1) is 15.3 Å². The van der Waals surface area contributed by atoms with Crippen LogP contribution in [0.2, 0.25) is 5.02 Å². The second-order valence-electron chi connectivity index (χ2n) is 4.33. The van der Waals surface area contributed by atoms with Gasteiger partial charge in [-0.1, -0.05) is 23.7 Å². The Morgan fingerprint density at radius 2 is 1.86 bits per heavy atom. The maximum Gasteiger partial charge on any atom is 0.299 e. The van der Waals surface area contributed by atoms with Crippen LogP contribution in [0, 0.1) is 0 Å². The van der Waals surface area contributed by atoms with Crippen LogP contribution in [0.1, 0.15) is 17.8 Å². The number of alkyl halides is 2. The summed E-state index contributed by atoms with van der Waals surface area (Å²) in [7, 11) is 0. The SMILES string of the molecule is FC(F)c1nnc2ccc(NCc3ccc(Cl)cc3)nn12. The number of anilines is 1. The number of fused-ring (bicyclic) bond motifs is 1. The monoisotopic (exact) mass is 309 g/mol. The summed E-state index contributed by atoms with van der Waals surface area (Å²) in [6.45, 7) is 0.502. The van der Waals surface area contributed by atoms with Crippen LogP contribution in [0.5, 0.6) is 0 Å². The van der Waals surface area contributed by atoms with Crippen LogP contribution in [0.15, 0.2) is 36.4 Å². The fourth-order valence-electron chi connectivity index (χ4n) is 1.83. The largest absolute Gasteiger partial charge is 0.365 e. The van der Waals surface area contributed by atoms with Crippen LogP contribution in [0.25, 0.3) is 5.65 Å². The predicted molar refractivity (Wildman–Crippen MR) is 74.5 cm³/mol. The van der Waals surface area contributed by atoms with Gasteiger partial charge in [-0.05, 0) is 29.8 Å². The molecule has 8 heteroatoms. The number of hydrogen-bond acceptors (Lipinski definition) is 4. The van der Waals surface area contributed by atoms with Gasteiger partial charge in [-0.3, -0.25) is 0 Å². The Balaban J connectivity index is 1.80. The van der Waals surface area contributed by atoms with Crippen LogP contribution in [0.3, 0.4) is 0 Å². The molecule has 0 amide bonds. The fourth-order valence-corrected chi connectivity index (χ4v) is 1.96. The lowest BCUT2D eigenvalue weighted by Crippen LogP contribution is -2.06. The average molecular weight is 310 g/mol. The molecule has 21 heavy (non-hydrogen) atoms. The van der Waals surface area contributed by atoms with Crippen molar-refractivity contribution in [2.45, 2.75) is 13.0 Å². The molecular formula is C13H10ClF2N5. The van der Waals surface area contributed by atoms with Gasteiger partial charge in [-0.25, -0.2) is 8.78 Å².